The van der Waals surface area contributed by atoms with Crippen molar-refractivity contribution >= 4 is 33.2 Å². The van der Waals surface area contributed by atoms with Crippen LogP contribution in [0.4, 0.5) is 11.4 Å². The molecule has 2 rings (SSSR count). The molecular formula is C20H20N2O12S. The van der Waals surface area contributed by atoms with Crippen molar-refractivity contribution < 1.29 is 46.8 Å². The number of nitro benzene ring substituents is 2. The van der Waals surface area contributed by atoms with Gasteiger partial charge in [0.05, 0.1) is 21.4 Å². The molecule has 2 aromatic rings. The zero-order chi connectivity index (χ0) is 26.2. The first-order chi connectivity index (χ1) is 16.5. The molecule has 0 unspecified atom stereocenters. The van der Waals surface area contributed by atoms with Crippen LogP contribution in [0, 0.1) is 20.2 Å². The lowest BCUT2D eigenvalue weighted by Gasteiger charge is -2.09. The molecule has 0 aromatic heterocycles. The van der Waals surface area contributed by atoms with Crippen LogP contribution in [0.25, 0.3) is 0 Å². The number of rotatable bonds is 12. The highest BCUT2D eigenvalue weighted by Crippen LogP contribution is 2.31. The van der Waals surface area contributed by atoms with Gasteiger partial charge in [-0.2, -0.15) is 0 Å². The number of nitrogens with zero attached hydrogens (tertiary/aromatic N) is 2. The second-order valence-electron chi connectivity index (χ2n) is 6.96. The van der Waals surface area contributed by atoms with Crippen molar-refractivity contribution in [3.8, 4) is 11.5 Å². The number of hydrogen-bond donors (Lipinski definition) is 0. The van der Waals surface area contributed by atoms with Crippen molar-refractivity contribution in [2.45, 2.75) is 11.5 Å². The molecule has 35 heavy (non-hydrogen) atoms. The normalized spacial score (nSPS) is 11.0. The molecule has 0 amide bonds. The Labute approximate surface area is 198 Å². The number of carbonyl (C=O) groups is 2. The van der Waals surface area contributed by atoms with Gasteiger partial charge in [0.1, 0.15) is 13.2 Å². The maximum Gasteiger partial charge on any atom is 0.337 e. The van der Waals surface area contributed by atoms with Crippen LogP contribution in [0.5, 0.6) is 11.5 Å². The van der Waals surface area contributed by atoms with Crippen LogP contribution in [0.3, 0.4) is 0 Å². The van der Waals surface area contributed by atoms with Crippen LogP contribution in [-0.4, -0.2) is 57.6 Å². The summed E-state index contributed by atoms with van der Waals surface area (Å²) in [6.45, 7) is -0.881. The Balaban J connectivity index is 2.24. The molecule has 0 N–H and O–H groups in total. The summed E-state index contributed by atoms with van der Waals surface area (Å²) in [5, 5.41) is 22.7. The SMILES string of the molecule is COCC(=O)Oc1ccc(CS(=O)(=O)Cc2ccc(OC(=O)COC)c([N+](=O)[O-])c2)cc1[N+](=O)[O-]. The minimum Gasteiger partial charge on any atom is -0.417 e. The summed E-state index contributed by atoms with van der Waals surface area (Å²) in [5.74, 6) is -3.81. The lowest BCUT2D eigenvalue weighted by atomic mass is 10.2. The van der Waals surface area contributed by atoms with E-state index in [1.807, 2.05) is 0 Å². The molecule has 0 radical (unpaired) electrons. The number of benzene rings is 2. The lowest BCUT2D eigenvalue weighted by molar-refractivity contribution is -0.385. The van der Waals surface area contributed by atoms with E-state index in [0.29, 0.717) is 0 Å². The first kappa shape index (κ1) is 27.3. The molecule has 0 fully saturated rings. The summed E-state index contributed by atoms with van der Waals surface area (Å²) in [4.78, 5) is 44.1. The van der Waals surface area contributed by atoms with Crippen LogP contribution in [-0.2, 0) is 40.4 Å². The van der Waals surface area contributed by atoms with Crippen LogP contribution < -0.4 is 9.47 Å². The van der Waals surface area contributed by atoms with E-state index >= 15 is 0 Å². The topological polar surface area (TPSA) is 191 Å². The van der Waals surface area contributed by atoms with Crippen LogP contribution >= 0.6 is 0 Å². The molecule has 0 aliphatic carbocycles. The molecule has 188 valence electrons. The number of sulfone groups is 1. The monoisotopic (exact) mass is 512 g/mol. The third-order valence-electron chi connectivity index (χ3n) is 4.19. The summed E-state index contributed by atoms with van der Waals surface area (Å²) in [6, 6.07) is 6.55. The van der Waals surface area contributed by atoms with Gasteiger partial charge in [-0.25, -0.2) is 18.0 Å². The van der Waals surface area contributed by atoms with Gasteiger partial charge in [0.2, 0.25) is 11.5 Å². The maximum absolute atomic E-state index is 12.7. The van der Waals surface area contributed by atoms with E-state index in [9.17, 15) is 38.2 Å². The van der Waals surface area contributed by atoms with E-state index in [1.165, 1.54) is 26.4 Å². The van der Waals surface area contributed by atoms with Crippen LogP contribution in [0.1, 0.15) is 11.1 Å². The summed E-state index contributed by atoms with van der Waals surface area (Å²) in [6.07, 6.45) is 0. The van der Waals surface area contributed by atoms with E-state index < -0.39 is 67.7 Å². The molecular weight excluding hydrogens is 492 g/mol. The molecule has 0 saturated heterocycles. The average Bonchev–Trinajstić information content (AvgIpc) is 2.75. The fourth-order valence-corrected chi connectivity index (χ4v) is 4.34. The summed E-state index contributed by atoms with van der Waals surface area (Å²) < 4.78 is 44.3. The highest BCUT2D eigenvalue weighted by molar-refractivity contribution is 7.89. The Morgan fingerprint density at radius 1 is 0.771 bits per heavy atom. The second kappa shape index (κ2) is 12.0. The third kappa shape index (κ3) is 8.09. The van der Waals surface area contributed by atoms with E-state index in [0.717, 1.165) is 24.3 Å². The van der Waals surface area contributed by atoms with Crippen molar-refractivity contribution in [3.05, 3.63) is 67.8 Å². The number of esters is 2. The minimum absolute atomic E-state index is 0.0304. The van der Waals surface area contributed by atoms with E-state index in [4.69, 9.17) is 9.47 Å². The molecule has 0 bridgehead atoms. The van der Waals surface area contributed by atoms with Crippen LogP contribution in [0.15, 0.2) is 36.4 Å². The van der Waals surface area contributed by atoms with Gasteiger partial charge in [0, 0.05) is 26.4 Å². The maximum atomic E-state index is 12.7. The first-order valence-corrected chi connectivity index (χ1v) is 11.4. The molecule has 0 atom stereocenters. The van der Waals surface area contributed by atoms with Gasteiger partial charge in [-0.15, -0.1) is 0 Å². The van der Waals surface area contributed by atoms with Gasteiger partial charge >= 0.3 is 23.3 Å². The predicted molar refractivity (Wildman–Crippen MR) is 118 cm³/mol. The predicted octanol–water partition coefficient (Wildman–Crippen LogP) is 1.72. The third-order valence-corrected chi connectivity index (χ3v) is 5.73. The number of hydrogen-bond acceptors (Lipinski definition) is 12. The molecule has 0 heterocycles. The number of ether oxygens (including phenoxy) is 4. The van der Waals surface area contributed by atoms with Crippen molar-refractivity contribution in [1.29, 1.82) is 0 Å². The van der Waals surface area contributed by atoms with Gasteiger partial charge in [0.25, 0.3) is 0 Å². The van der Waals surface area contributed by atoms with Gasteiger partial charge in [-0.05, 0) is 23.3 Å². The molecule has 0 aliphatic rings. The van der Waals surface area contributed by atoms with E-state index in [2.05, 4.69) is 9.47 Å². The molecule has 2 aromatic carbocycles. The minimum atomic E-state index is -3.96. The second-order valence-corrected chi connectivity index (χ2v) is 9.03. The van der Waals surface area contributed by atoms with Gasteiger partial charge in [0.15, 0.2) is 9.84 Å². The summed E-state index contributed by atoms with van der Waals surface area (Å²) in [7, 11) is -1.49. The van der Waals surface area contributed by atoms with Crippen molar-refractivity contribution in [1.82, 2.24) is 0 Å². The van der Waals surface area contributed by atoms with Crippen molar-refractivity contribution in [3.63, 3.8) is 0 Å². The molecule has 0 spiro atoms. The fraction of sp³-hybridized carbons (Fsp3) is 0.300. The van der Waals surface area contributed by atoms with Gasteiger partial charge < -0.3 is 18.9 Å². The summed E-state index contributed by atoms with van der Waals surface area (Å²) >= 11 is 0. The number of methoxy groups -OCH3 is 2. The number of nitro groups is 2. The average molecular weight is 512 g/mol. The number of carbonyl (C=O) groups excluding carboxylic acids is 2. The van der Waals surface area contributed by atoms with Crippen LogP contribution in [0.2, 0.25) is 0 Å². The van der Waals surface area contributed by atoms with Gasteiger partial charge in [-0.3, -0.25) is 20.2 Å². The van der Waals surface area contributed by atoms with E-state index in [1.54, 1.807) is 0 Å². The Morgan fingerprint density at radius 3 is 1.46 bits per heavy atom. The molecule has 14 nitrogen and oxygen atoms in total. The van der Waals surface area contributed by atoms with Crippen molar-refractivity contribution in [2.75, 3.05) is 27.4 Å². The van der Waals surface area contributed by atoms with Gasteiger partial charge in [-0.1, -0.05) is 12.1 Å². The smallest absolute Gasteiger partial charge is 0.337 e. The quantitative estimate of drug-likeness (QED) is 0.173. The Bertz CT molecular complexity index is 1150. The molecule has 15 heteroatoms. The van der Waals surface area contributed by atoms with Crippen molar-refractivity contribution in [2.24, 2.45) is 0 Å². The Kier molecular flexibility index (Phi) is 9.33. The fourth-order valence-electron chi connectivity index (χ4n) is 2.86. The largest absolute Gasteiger partial charge is 0.417 e. The molecule has 0 aliphatic heterocycles. The zero-order valence-corrected chi connectivity index (χ0v) is 19.3. The first-order valence-electron chi connectivity index (χ1n) is 9.60. The Hall–Kier alpha value is -3.95. The van der Waals surface area contributed by atoms with E-state index in [-0.39, 0.29) is 22.6 Å². The summed E-state index contributed by atoms with van der Waals surface area (Å²) in [5.41, 5.74) is -1.19. The lowest BCUT2D eigenvalue weighted by Crippen LogP contribution is -2.15. The highest BCUT2D eigenvalue weighted by Gasteiger charge is 2.24. The standard InChI is InChI=1S/C20H20N2O12S/c1-31-9-19(23)33-17-5-3-13(7-15(17)21(25)26)11-35(29,30)12-14-4-6-18(16(8-14)22(27)28)34-20(24)10-32-2/h3-8H,9-12H2,1-2H3. The molecule has 0 saturated carbocycles. The Morgan fingerprint density at radius 2 is 1.14 bits per heavy atom. The zero-order valence-electron chi connectivity index (χ0n) is 18.5. The highest BCUT2D eigenvalue weighted by atomic mass is 32.2.